The van der Waals surface area contributed by atoms with Crippen molar-refractivity contribution >= 4 is 5.84 Å². The normalized spacial score (nSPS) is 17.4. The molecule has 0 bridgehead atoms. The summed E-state index contributed by atoms with van der Waals surface area (Å²) in [5, 5.41) is 3.45. The Morgan fingerprint density at radius 2 is 1.94 bits per heavy atom. The molecule has 0 fully saturated rings. The Bertz CT molecular complexity index is 273. The van der Waals surface area contributed by atoms with E-state index in [-0.39, 0.29) is 17.2 Å². The summed E-state index contributed by atoms with van der Waals surface area (Å²) in [6.45, 7) is 1.20. The lowest BCUT2D eigenvalue weighted by Crippen LogP contribution is -2.54. The van der Waals surface area contributed by atoms with Gasteiger partial charge in [0.2, 0.25) is 0 Å². The van der Waals surface area contributed by atoms with Gasteiger partial charge in [-0.1, -0.05) is 13.3 Å². The molecule has 0 aliphatic carbocycles. The number of rotatable bonds is 4. The lowest BCUT2D eigenvalue weighted by Gasteiger charge is -2.30. The summed E-state index contributed by atoms with van der Waals surface area (Å²) in [5.74, 6) is -0.246. The largest absolute Gasteiger partial charge is 0.475 e. The van der Waals surface area contributed by atoms with Gasteiger partial charge in [0, 0.05) is 6.42 Å². The van der Waals surface area contributed by atoms with Crippen molar-refractivity contribution in [2.45, 2.75) is 38.4 Å². The summed E-state index contributed by atoms with van der Waals surface area (Å²) < 4.78 is 62.3. The van der Waals surface area contributed by atoms with E-state index in [1.54, 1.807) is 0 Å². The molecular formula is C8H12F5N3. The van der Waals surface area contributed by atoms with E-state index in [1.165, 1.54) is 0 Å². The molecule has 16 heavy (non-hydrogen) atoms. The van der Waals surface area contributed by atoms with Gasteiger partial charge in [-0.25, -0.2) is 0 Å². The van der Waals surface area contributed by atoms with Crippen LogP contribution in [0.3, 0.4) is 0 Å². The van der Waals surface area contributed by atoms with Crippen LogP contribution in [0.1, 0.15) is 26.2 Å². The number of unbranched alkanes of at least 4 members (excludes halogenated alkanes) is 1. The van der Waals surface area contributed by atoms with Crippen molar-refractivity contribution in [3.05, 3.63) is 0 Å². The first-order chi connectivity index (χ1) is 7.30. The van der Waals surface area contributed by atoms with Crippen LogP contribution in [-0.2, 0) is 0 Å². The van der Waals surface area contributed by atoms with E-state index in [1.807, 2.05) is 6.92 Å². The quantitative estimate of drug-likeness (QED) is 0.608. The summed E-state index contributed by atoms with van der Waals surface area (Å²) in [6, 6.07) is -4.87. The highest BCUT2D eigenvalue weighted by molar-refractivity contribution is 5.83. The fraction of sp³-hybridized carbons (Fsp3) is 0.875. The predicted molar refractivity (Wildman–Crippen MR) is 47.8 cm³/mol. The Morgan fingerprint density at radius 3 is 2.44 bits per heavy atom. The molecule has 94 valence electrons. The monoisotopic (exact) mass is 245 g/mol. The van der Waals surface area contributed by atoms with E-state index < -0.39 is 18.9 Å². The van der Waals surface area contributed by atoms with Crippen LogP contribution >= 0.6 is 0 Å². The molecule has 0 unspecified atom stereocenters. The first-order valence-corrected chi connectivity index (χ1v) is 4.82. The van der Waals surface area contributed by atoms with Crippen molar-refractivity contribution in [3.63, 3.8) is 0 Å². The Labute approximate surface area is 89.3 Å². The molecule has 3 nitrogen and oxygen atoms in total. The minimum Gasteiger partial charge on any atom is -0.289 e. The first kappa shape index (κ1) is 13.0. The van der Waals surface area contributed by atoms with E-state index in [0.29, 0.717) is 12.8 Å². The molecule has 1 heterocycles. The van der Waals surface area contributed by atoms with Gasteiger partial charge in [0.1, 0.15) is 12.5 Å². The van der Waals surface area contributed by atoms with Crippen LogP contribution in [0.25, 0.3) is 0 Å². The lowest BCUT2D eigenvalue weighted by atomic mass is 10.2. The van der Waals surface area contributed by atoms with E-state index in [0.717, 1.165) is 0 Å². The maximum absolute atomic E-state index is 13.0. The molecule has 1 aliphatic heterocycles. The fourth-order valence-electron chi connectivity index (χ4n) is 1.29. The molecule has 0 saturated carbocycles. The minimum absolute atomic E-state index is 0.0390. The molecule has 0 spiro atoms. The third-order valence-corrected chi connectivity index (χ3v) is 2.18. The van der Waals surface area contributed by atoms with Crippen molar-refractivity contribution in [2.75, 3.05) is 6.67 Å². The maximum Gasteiger partial charge on any atom is 0.475 e. The average Bonchev–Trinajstić information content (AvgIpc) is 2.61. The van der Waals surface area contributed by atoms with E-state index in [9.17, 15) is 22.0 Å². The molecule has 0 radical (unpaired) electrons. The summed E-state index contributed by atoms with van der Waals surface area (Å²) in [6.07, 6.45) is -4.27. The molecule has 0 atom stereocenters. The molecule has 0 saturated heterocycles. The van der Waals surface area contributed by atoms with Gasteiger partial charge in [-0.15, -0.1) is 0 Å². The summed E-state index contributed by atoms with van der Waals surface area (Å²) in [4.78, 5) is -0.0390. The van der Waals surface area contributed by atoms with Gasteiger partial charge in [0.25, 0.3) is 0 Å². The molecule has 0 amide bonds. The van der Waals surface area contributed by atoms with Crippen molar-refractivity contribution in [3.8, 4) is 0 Å². The number of nitrogens with zero attached hydrogens (tertiary/aromatic N) is 2. The SMILES string of the molecule is CCCCC1=NNCN1C(F)(F)C(F)(F)F. The second-order valence-corrected chi connectivity index (χ2v) is 3.41. The average molecular weight is 245 g/mol. The van der Waals surface area contributed by atoms with Crippen LogP contribution in [0.4, 0.5) is 22.0 Å². The Hall–Kier alpha value is -1.08. The molecule has 0 aromatic heterocycles. The molecule has 8 heteroatoms. The lowest BCUT2D eigenvalue weighted by molar-refractivity contribution is -0.325. The van der Waals surface area contributed by atoms with Crippen LogP contribution in [0.15, 0.2) is 5.10 Å². The number of halogens is 5. The number of hydrogen-bond donors (Lipinski definition) is 1. The van der Waals surface area contributed by atoms with Gasteiger partial charge in [-0.2, -0.15) is 27.1 Å². The zero-order chi connectivity index (χ0) is 12.4. The Kier molecular flexibility index (Phi) is 3.59. The molecule has 0 aromatic rings. The summed E-state index contributed by atoms with van der Waals surface area (Å²) >= 11 is 0. The van der Waals surface area contributed by atoms with Gasteiger partial charge in [-0.05, 0) is 6.42 Å². The topological polar surface area (TPSA) is 27.6 Å². The molecule has 0 aromatic carbocycles. The molecule has 1 N–H and O–H groups in total. The van der Waals surface area contributed by atoms with Crippen LogP contribution in [0.2, 0.25) is 0 Å². The zero-order valence-corrected chi connectivity index (χ0v) is 8.61. The van der Waals surface area contributed by atoms with Gasteiger partial charge in [0.15, 0.2) is 0 Å². The van der Waals surface area contributed by atoms with Crippen molar-refractivity contribution in [1.29, 1.82) is 0 Å². The predicted octanol–water partition coefficient (Wildman–Crippen LogP) is 2.51. The first-order valence-electron chi connectivity index (χ1n) is 4.82. The highest BCUT2D eigenvalue weighted by Gasteiger charge is 2.63. The maximum atomic E-state index is 13.0. The summed E-state index contributed by atoms with van der Waals surface area (Å²) in [7, 11) is 0. The highest BCUT2D eigenvalue weighted by atomic mass is 19.4. The minimum atomic E-state index is -5.59. The number of hydrazone groups is 1. The number of amidine groups is 1. The number of hydrogen-bond acceptors (Lipinski definition) is 3. The van der Waals surface area contributed by atoms with E-state index in [2.05, 4.69) is 10.5 Å². The molecular weight excluding hydrogens is 233 g/mol. The Balaban J connectivity index is 2.77. The number of alkyl halides is 5. The van der Waals surface area contributed by atoms with Gasteiger partial charge < -0.3 is 0 Å². The van der Waals surface area contributed by atoms with Crippen molar-refractivity contribution < 1.29 is 22.0 Å². The van der Waals surface area contributed by atoms with E-state index in [4.69, 9.17) is 0 Å². The van der Waals surface area contributed by atoms with Crippen LogP contribution in [-0.4, -0.2) is 29.6 Å². The van der Waals surface area contributed by atoms with Gasteiger partial charge >= 0.3 is 12.2 Å². The second-order valence-electron chi connectivity index (χ2n) is 3.41. The molecule has 1 aliphatic rings. The third-order valence-electron chi connectivity index (χ3n) is 2.18. The Morgan fingerprint density at radius 1 is 1.31 bits per heavy atom. The zero-order valence-electron chi connectivity index (χ0n) is 8.61. The van der Waals surface area contributed by atoms with Crippen LogP contribution in [0.5, 0.6) is 0 Å². The fourth-order valence-corrected chi connectivity index (χ4v) is 1.29. The van der Waals surface area contributed by atoms with Gasteiger partial charge in [0.05, 0.1) is 0 Å². The van der Waals surface area contributed by atoms with E-state index >= 15 is 0 Å². The smallest absolute Gasteiger partial charge is 0.289 e. The summed E-state index contributed by atoms with van der Waals surface area (Å²) in [5.41, 5.74) is 2.14. The molecule has 1 rings (SSSR count). The van der Waals surface area contributed by atoms with Crippen molar-refractivity contribution in [2.24, 2.45) is 5.10 Å². The standard InChI is InChI=1S/C8H12F5N3/c1-2-3-4-6-15-14-5-16(6)8(12,13)7(9,10)11/h14H,2-5H2,1H3. The number of nitrogens with one attached hydrogen (secondary N) is 1. The highest BCUT2D eigenvalue weighted by Crippen LogP contribution is 2.39. The second kappa shape index (κ2) is 4.42. The van der Waals surface area contributed by atoms with Crippen molar-refractivity contribution in [1.82, 2.24) is 10.3 Å². The van der Waals surface area contributed by atoms with Gasteiger partial charge in [-0.3, -0.25) is 10.3 Å². The third kappa shape index (κ3) is 2.35. The van der Waals surface area contributed by atoms with Crippen LogP contribution < -0.4 is 5.43 Å². The van der Waals surface area contributed by atoms with Crippen LogP contribution in [0, 0.1) is 0 Å².